The van der Waals surface area contributed by atoms with Crippen LogP contribution in [0.2, 0.25) is 0 Å². The van der Waals surface area contributed by atoms with Gasteiger partial charge in [-0.25, -0.2) is 4.98 Å². The molecule has 0 radical (unpaired) electrons. The second-order valence-corrected chi connectivity index (χ2v) is 4.84. The largest absolute Gasteiger partial charge is 0.351 e. The van der Waals surface area contributed by atoms with Gasteiger partial charge in [0.15, 0.2) is 0 Å². The minimum absolute atomic E-state index is 0.0988. The molecule has 1 heterocycles. The fourth-order valence-corrected chi connectivity index (χ4v) is 1.44. The second-order valence-electron chi connectivity index (χ2n) is 3.85. The van der Waals surface area contributed by atoms with E-state index in [4.69, 9.17) is 0 Å². The van der Waals surface area contributed by atoms with Crippen molar-refractivity contribution in [1.82, 2.24) is 10.3 Å². The molecule has 1 aromatic rings. The lowest BCUT2D eigenvalue weighted by molar-refractivity contribution is 0.0956. The summed E-state index contributed by atoms with van der Waals surface area (Å²) in [6, 6.07) is 3.46. The maximum Gasteiger partial charge on any atom is 0.252 e. The summed E-state index contributed by atoms with van der Waals surface area (Å²) in [7, 11) is 0. The van der Waals surface area contributed by atoms with Gasteiger partial charge in [0.25, 0.3) is 5.91 Å². The van der Waals surface area contributed by atoms with Crippen LogP contribution in [-0.4, -0.2) is 35.2 Å². The Morgan fingerprint density at radius 3 is 2.78 bits per heavy atom. The first kappa shape index (κ1) is 14.5. The predicted molar refractivity (Wildman–Crippen MR) is 77.4 cm³/mol. The van der Waals surface area contributed by atoms with Crippen molar-refractivity contribution in [2.75, 3.05) is 24.0 Å². The number of anilines is 1. The van der Waals surface area contributed by atoms with E-state index in [0.29, 0.717) is 17.9 Å². The maximum atomic E-state index is 11.7. The van der Waals surface area contributed by atoms with Crippen molar-refractivity contribution in [2.45, 2.75) is 13.8 Å². The molecule has 0 atom stereocenters. The highest BCUT2D eigenvalue weighted by Crippen LogP contribution is 2.05. The lowest BCUT2D eigenvalue weighted by Crippen LogP contribution is -2.25. The summed E-state index contributed by atoms with van der Waals surface area (Å²) in [5.41, 5.74) is 4.27. The van der Waals surface area contributed by atoms with Gasteiger partial charge in [0, 0.05) is 24.2 Å². The standard InChI is InChI=1S/C12H18N4OS/c1-9(2)15-16-11-5-4-10(8-14-11)12(17)13-6-7-18-3/h4-5,8H,6-7H2,1-3H3,(H,13,17)(H,14,16). The average molecular weight is 266 g/mol. The van der Waals surface area contributed by atoms with E-state index >= 15 is 0 Å². The number of carbonyl (C=O) groups excluding carboxylic acids is 1. The molecular weight excluding hydrogens is 248 g/mol. The molecule has 0 aliphatic rings. The third kappa shape index (κ3) is 5.18. The summed E-state index contributed by atoms with van der Waals surface area (Å²) < 4.78 is 0. The summed E-state index contributed by atoms with van der Waals surface area (Å²) in [4.78, 5) is 15.8. The number of pyridine rings is 1. The van der Waals surface area contributed by atoms with Crippen LogP contribution in [0.4, 0.5) is 5.82 Å². The first-order valence-electron chi connectivity index (χ1n) is 5.63. The van der Waals surface area contributed by atoms with Crippen molar-refractivity contribution in [3.8, 4) is 0 Å². The van der Waals surface area contributed by atoms with Crippen LogP contribution in [0.5, 0.6) is 0 Å². The Morgan fingerprint density at radius 1 is 1.44 bits per heavy atom. The fourth-order valence-electron chi connectivity index (χ4n) is 1.13. The highest BCUT2D eigenvalue weighted by Gasteiger charge is 2.04. The average Bonchev–Trinajstić information content (AvgIpc) is 2.37. The van der Waals surface area contributed by atoms with Crippen molar-refractivity contribution in [1.29, 1.82) is 0 Å². The Kier molecular flexibility index (Phi) is 6.21. The zero-order valence-corrected chi connectivity index (χ0v) is 11.7. The maximum absolute atomic E-state index is 11.7. The number of hydrazone groups is 1. The van der Waals surface area contributed by atoms with E-state index in [9.17, 15) is 4.79 Å². The normalized spacial score (nSPS) is 9.72. The number of rotatable bonds is 6. The topological polar surface area (TPSA) is 66.4 Å². The summed E-state index contributed by atoms with van der Waals surface area (Å²) in [6.07, 6.45) is 3.54. The third-order valence-electron chi connectivity index (χ3n) is 2.01. The number of nitrogens with zero attached hydrogens (tertiary/aromatic N) is 2. The molecule has 18 heavy (non-hydrogen) atoms. The Bertz CT molecular complexity index is 413. The minimum Gasteiger partial charge on any atom is -0.351 e. The van der Waals surface area contributed by atoms with Gasteiger partial charge in [0.05, 0.1) is 5.56 Å². The van der Waals surface area contributed by atoms with E-state index in [1.54, 1.807) is 23.9 Å². The number of hydrogen-bond acceptors (Lipinski definition) is 5. The molecule has 1 rings (SSSR count). The molecule has 0 saturated carbocycles. The lowest BCUT2D eigenvalue weighted by Gasteiger charge is -2.04. The van der Waals surface area contributed by atoms with Crippen molar-refractivity contribution in [3.63, 3.8) is 0 Å². The molecule has 5 nitrogen and oxygen atoms in total. The zero-order chi connectivity index (χ0) is 13.4. The van der Waals surface area contributed by atoms with Gasteiger partial charge in [-0.1, -0.05) is 0 Å². The van der Waals surface area contributed by atoms with E-state index in [1.807, 2.05) is 20.1 Å². The van der Waals surface area contributed by atoms with Gasteiger partial charge < -0.3 is 5.32 Å². The molecule has 0 spiro atoms. The molecule has 98 valence electrons. The van der Waals surface area contributed by atoms with Crippen LogP contribution in [0.1, 0.15) is 24.2 Å². The lowest BCUT2D eigenvalue weighted by atomic mass is 10.2. The van der Waals surface area contributed by atoms with Crippen LogP contribution < -0.4 is 10.7 Å². The van der Waals surface area contributed by atoms with Gasteiger partial charge in [-0.2, -0.15) is 16.9 Å². The molecule has 6 heteroatoms. The van der Waals surface area contributed by atoms with Crippen LogP contribution in [0.15, 0.2) is 23.4 Å². The van der Waals surface area contributed by atoms with E-state index in [-0.39, 0.29) is 5.91 Å². The molecule has 1 aromatic heterocycles. The molecule has 0 aromatic carbocycles. The second kappa shape index (κ2) is 7.71. The Hall–Kier alpha value is -1.56. The fraction of sp³-hybridized carbons (Fsp3) is 0.417. The number of nitrogens with one attached hydrogen (secondary N) is 2. The molecule has 0 bridgehead atoms. The van der Waals surface area contributed by atoms with Crippen molar-refractivity contribution >= 4 is 29.2 Å². The Balaban J connectivity index is 2.54. The molecule has 0 unspecified atom stereocenters. The van der Waals surface area contributed by atoms with Gasteiger partial charge in [0.2, 0.25) is 0 Å². The summed E-state index contributed by atoms with van der Waals surface area (Å²) in [5.74, 6) is 1.43. The number of thioether (sulfide) groups is 1. The molecule has 0 aliphatic heterocycles. The van der Waals surface area contributed by atoms with E-state index in [1.165, 1.54) is 6.20 Å². The van der Waals surface area contributed by atoms with Crippen LogP contribution in [-0.2, 0) is 0 Å². The Labute approximate surface area is 111 Å². The monoisotopic (exact) mass is 266 g/mol. The van der Waals surface area contributed by atoms with Crippen molar-refractivity contribution in [3.05, 3.63) is 23.9 Å². The van der Waals surface area contributed by atoms with Crippen LogP contribution >= 0.6 is 11.8 Å². The molecule has 0 aliphatic carbocycles. The number of carbonyl (C=O) groups is 1. The first-order chi connectivity index (χ1) is 8.63. The van der Waals surface area contributed by atoms with Gasteiger partial charge in [-0.05, 0) is 32.2 Å². The van der Waals surface area contributed by atoms with E-state index in [0.717, 1.165) is 11.5 Å². The number of hydrogen-bond donors (Lipinski definition) is 2. The van der Waals surface area contributed by atoms with E-state index in [2.05, 4.69) is 20.8 Å². The zero-order valence-electron chi connectivity index (χ0n) is 10.9. The van der Waals surface area contributed by atoms with Gasteiger partial charge in [0.1, 0.15) is 5.82 Å². The summed E-state index contributed by atoms with van der Waals surface area (Å²) in [6.45, 7) is 4.44. The van der Waals surface area contributed by atoms with Gasteiger partial charge in [-0.15, -0.1) is 0 Å². The van der Waals surface area contributed by atoms with Crippen LogP contribution in [0.3, 0.4) is 0 Å². The van der Waals surface area contributed by atoms with Crippen LogP contribution in [0.25, 0.3) is 0 Å². The van der Waals surface area contributed by atoms with Gasteiger partial charge >= 0.3 is 0 Å². The number of aromatic nitrogens is 1. The molecule has 0 saturated heterocycles. The molecular formula is C12H18N4OS. The third-order valence-corrected chi connectivity index (χ3v) is 2.62. The number of amides is 1. The molecule has 1 amide bonds. The highest BCUT2D eigenvalue weighted by atomic mass is 32.2. The molecule has 2 N–H and O–H groups in total. The SMILES string of the molecule is CSCCNC(=O)c1ccc(NN=C(C)C)nc1. The first-order valence-corrected chi connectivity index (χ1v) is 7.03. The van der Waals surface area contributed by atoms with E-state index < -0.39 is 0 Å². The Morgan fingerprint density at radius 2 is 2.22 bits per heavy atom. The summed E-state index contributed by atoms with van der Waals surface area (Å²) in [5, 5.41) is 6.85. The van der Waals surface area contributed by atoms with Crippen LogP contribution in [0, 0.1) is 0 Å². The van der Waals surface area contributed by atoms with Crippen molar-refractivity contribution in [2.24, 2.45) is 5.10 Å². The highest BCUT2D eigenvalue weighted by molar-refractivity contribution is 7.98. The quantitative estimate of drug-likeness (QED) is 0.469. The van der Waals surface area contributed by atoms with Gasteiger partial charge in [-0.3, -0.25) is 10.2 Å². The van der Waals surface area contributed by atoms with Crippen molar-refractivity contribution < 1.29 is 4.79 Å². The predicted octanol–water partition coefficient (Wildman–Crippen LogP) is 1.98. The summed E-state index contributed by atoms with van der Waals surface area (Å²) >= 11 is 1.70. The smallest absolute Gasteiger partial charge is 0.252 e. The molecule has 0 fully saturated rings. The minimum atomic E-state index is -0.0988.